The van der Waals surface area contributed by atoms with E-state index in [0.717, 1.165) is 0 Å². The molecule has 2 aromatic rings. The zero-order valence-electron chi connectivity index (χ0n) is 14.2. The van der Waals surface area contributed by atoms with Gasteiger partial charge in [0.25, 0.3) is 11.8 Å². The van der Waals surface area contributed by atoms with Crippen LogP contribution in [0.3, 0.4) is 0 Å². The summed E-state index contributed by atoms with van der Waals surface area (Å²) in [4.78, 5) is 24.4. The van der Waals surface area contributed by atoms with Crippen molar-refractivity contribution >= 4 is 27.3 Å². The van der Waals surface area contributed by atoms with E-state index in [2.05, 4.69) is 10.6 Å². The summed E-state index contributed by atoms with van der Waals surface area (Å²) in [5.41, 5.74) is 1.03. The quantitative estimate of drug-likeness (QED) is 0.857. The number of benzene rings is 2. The monoisotopic (exact) mass is 360 g/mol. The lowest BCUT2D eigenvalue weighted by Gasteiger charge is -2.11. The van der Waals surface area contributed by atoms with Gasteiger partial charge in [-0.1, -0.05) is 12.1 Å². The first-order valence-corrected chi connectivity index (χ1v) is 9.28. The Labute approximate surface area is 147 Å². The molecule has 0 bridgehead atoms. The van der Waals surface area contributed by atoms with Crippen molar-refractivity contribution < 1.29 is 18.0 Å². The second-order valence-electron chi connectivity index (χ2n) is 5.70. The molecule has 0 heterocycles. The summed E-state index contributed by atoms with van der Waals surface area (Å²) in [5, 5.41) is 4.65. The number of sulfone groups is 1. The zero-order chi connectivity index (χ0) is 18.6. The number of anilines is 1. The molecule has 0 fully saturated rings. The molecule has 2 aromatic carbocycles. The minimum absolute atomic E-state index is 0.171. The summed E-state index contributed by atoms with van der Waals surface area (Å²) >= 11 is 0. The Morgan fingerprint density at radius 3 is 2.08 bits per heavy atom. The Kier molecular flexibility index (Phi) is 5.58. The van der Waals surface area contributed by atoms with Crippen molar-refractivity contribution in [1.82, 2.24) is 5.32 Å². The highest BCUT2D eigenvalue weighted by Crippen LogP contribution is 2.19. The molecule has 0 aromatic heterocycles. The zero-order valence-corrected chi connectivity index (χ0v) is 15.1. The van der Waals surface area contributed by atoms with Gasteiger partial charge in [0.2, 0.25) is 0 Å². The summed E-state index contributed by atoms with van der Waals surface area (Å²) in [6, 6.07) is 12.4. The van der Waals surface area contributed by atoms with Crippen molar-refractivity contribution in [2.75, 3.05) is 12.4 Å². The fourth-order valence-electron chi connectivity index (χ4n) is 2.19. The van der Waals surface area contributed by atoms with Gasteiger partial charge >= 0.3 is 0 Å². The summed E-state index contributed by atoms with van der Waals surface area (Å²) in [5.74, 6) is -0.737. The van der Waals surface area contributed by atoms with Gasteiger partial charge in [0.15, 0.2) is 9.84 Å². The highest BCUT2D eigenvalue weighted by molar-refractivity contribution is 7.92. The SMILES string of the molecule is CNC(=O)c1ccccc1NC(=O)c1ccc(S(=O)(=O)C(C)C)cc1. The Balaban J connectivity index is 2.25. The van der Waals surface area contributed by atoms with Crippen LogP contribution < -0.4 is 10.6 Å². The van der Waals surface area contributed by atoms with Crippen molar-refractivity contribution in [2.24, 2.45) is 0 Å². The number of nitrogens with one attached hydrogen (secondary N) is 2. The van der Waals surface area contributed by atoms with Crippen molar-refractivity contribution in [1.29, 1.82) is 0 Å². The molecule has 0 saturated carbocycles. The molecule has 0 aliphatic carbocycles. The molecule has 6 nitrogen and oxygen atoms in total. The van der Waals surface area contributed by atoms with Crippen LogP contribution in [-0.4, -0.2) is 32.5 Å². The molecule has 0 spiro atoms. The molecule has 0 saturated heterocycles. The van der Waals surface area contributed by atoms with Gasteiger partial charge in [-0.3, -0.25) is 9.59 Å². The average Bonchev–Trinajstić information content (AvgIpc) is 2.61. The summed E-state index contributed by atoms with van der Waals surface area (Å²) in [6.45, 7) is 3.21. The van der Waals surface area contributed by atoms with Gasteiger partial charge in [-0.15, -0.1) is 0 Å². The van der Waals surface area contributed by atoms with E-state index in [9.17, 15) is 18.0 Å². The molecule has 2 N–H and O–H groups in total. The fraction of sp³-hybridized carbons (Fsp3) is 0.222. The van der Waals surface area contributed by atoms with Crippen molar-refractivity contribution in [3.05, 3.63) is 59.7 Å². The van der Waals surface area contributed by atoms with E-state index in [1.165, 1.54) is 31.3 Å². The Hall–Kier alpha value is -2.67. The number of carbonyl (C=O) groups is 2. The van der Waals surface area contributed by atoms with Gasteiger partial charge < -0.3 is 10.6 Å². The van der Waals surface area contributed by atoms with Gasteiger partial charge in [0, 0.05) is 12.6 Å². The number of para-hydroxylation sites is 1. The van der Waals surface area contributed by atoms with Gasteiger partial charge in [0.05, 0.1) is 21.4 Å². The van der Waals surface area contributed by atoms with Crippen LogP contribution in [0.4, 0.5) is 5.69 Å². The van der Waals surface area contributed by atoms with Crippen LogP contribution in [-0.2, 0) is 9.84 Å². The third kappa shape index (κ3) is 4.06. The van der Waals surface area contributed by atoms with Gasteiger partial charge in [0.1, 0.15) is 0 Å². The molecule has 0 atom stereocenters. The lowest BCUT2D eigenvalue weighted by molar-refractivity contribution is 0.0964. The van der Waals surface area contributed by atoms with Gasteiger partial charge in [-0.2, -0.15) is 0 Å². The lowest BCUT2D eigenvalue weighted by Crippen LogP contribution is -2.21. The van der Waals surface area contributed by atoms with E-state index in [1.807, 2.05) is 0 Å². The molecule has 2 rings (SSSR count). The van der Waals surface area contributed by atoms with Crippen LogP contribution in [0.5, 0.6) is 0 Å². The lowest BCUT2D eigenvalue weighted by atomic mass is 10.1. The molecule has 2 amide bonds. The topological polar surface area (TPSA) is 92.3 Å². The van der Waals surface area contributed by atoms with Gasteiger partial charge in [-0.05, 0) is 50.2 Å². The normalized spacial score (nSPS) is 11.2. The minimum atomic E-state index is -3.38. The first-order chi connectivity index (χ1) is 11.8. The molecular formula is C18H20N2O4S. The van der Waals surface area contributed by atoms with Crippen LogP contribution in [0.25, 0.3) is 0 Å². The molecule has 132 valence electrons. The van der Waals surface area contributed by atoms with Crippen LogP contribution >= 0.6 is 0 Å². The second kappa shape index (κ2) is 7.48. The highest BCUT2D eigenvalue weighted by atomic mass is 32.2. The van der Waals surface area contributed by atoms with E-state index in [0.29, 0.717) is 16.8 Å². The third-order valence-electron chi connectivity index (χ3n) is 3.71. The average molecular weight is 360 g/mol. The van der Waals surface area contributed by atoms with E-state index < -0.39 is 21.0 Å². The molecule has 0 unspecified atom stereocenters. The number of carbonyl (C=O) groups excluding carboxylic acids is 2. The maximum atomic E-state index is 12.4. The molecule has 0 radical (unpaired) electrons. The second-order valence-corrected chi connectivity index (χ2v) is 8.20. The van der Waals surface area contributed by atoms with Crippen molar-refractivity contribution in [3.63, 3.8) is 0 Å². The number of rotatable bonds is 5. The molecule has 0 aliphatic rings. The molecule has 7 heteroatoms. The Bertz CT molecular complexity index is 888. The maximum Gasteiger partial charge on any atom is 0.255 e. The van der Waals surface area contributed by atoms with Crippen LogP contribution in [0, 0.1) is 0 Å². The smallest absolute Gasteiger partial charge is 0.255 e. The van der Waals surface area contributed by atoms with E-state index in [-0.39, 0.29) is 10.8 Å². The van der Waals surface area contributed by atoms with Crippen LogP contribution in [0.1, 0.15) is 34.6 Å². The van der Waals surface area contributed by atoms with E-state index in [4.69, 9.17) is 0 Å². The van der Waals surface area contributed by atoms with Crippen LogP contribution in [0.15, 0.2) is 53.4 Å². The predicted octanol–water partition coefficient (Wildman–Crippen LogP) is 2.48. The number of hydrogen-bond donors (Lipinski definition) is 2. The molecule has 25 heavy (non-hydrogen) atoms. The summed E-state index contributed by atoms with van der Waals surface area (Å²) < 4.78 is 24.2. The number of amides is 2. The fourth-order valence-corrected chi connectivity index (χ4v) is 3.25. The van der Waals surface area contributed by atoms with Crippen molar-refractivity contribution in [2.45, 2.75) is 24.0 Å². The highest BCUT2D eigenvalue weighted by Gasteiger charge is 2.19. The molecular weight excluding hydrogens is 340 g/mol. The summed E-state index contributed by atoms with van der Waals surface area (Å²) in [6.07, 6.45) is 0. The minimum Gasteiger partial charge on any atom is -0.355 e. The largest absolute Gasteiger partial charge is 0.355 e. The first-order valence-electron chi connectivity index (χ1n) is 7.73. The third-order valence-corrected chi connectivity index (χ3v) is 5.88. The summed E-state index contributed by atoms with van der Waals surface area (Å²) in [7, 11) is -1.88. The number of hydrogen-bond acceptors (Lipinski definition) is 4. The van der Waals surface area contributed by atoms with E-state index in [1.54, 1.807) is 38.1 Å². The van der Waals surface area contributed by atoms with Gasteiger partial charge in [-0.25, -0.2) is 8.42 Å². The molecule has 0 aliphatic heterocycles. The Morgan fingerprint density at radius 1 is 0.920 bits per heavy atom. The standard InChI is InChI=1S/C18H20N2O4S/c1-12(2)25(23,24)14-10-8-13(9-11-14)17(21)20-16-7-5-4-6-15(16)18(22)19-3/h4-12H,1-3H3,(H,19,22)(H,20,21). The van der Waals surface area contributed by atoms with Crippen molar-refractivity contribution in [3.8, 4) is 0 Å². The maximum absolute atomic E-state index is 12.4. The first kappa shape index (κ1) is 18.7. The Morgan fingerprint density at radius 2 is 1.52 bits per heavy atom. The van der Waals surface area contributed by atoms with Crippen LogP contribution in [0.2, 0.25) is 0 Å². The predicted molar refractivity (Wildman–Crippen MR) is 96.5 cm³/mol. The van der Waals surface area contributed by atoms with E-state index >= 15 is 0 Å².